The number of likely N-dealkylation sites (N-methyl/N-ethyl adjacent to an activating group) is 1. The first kappa shape index (κ1) is 12.2. The van der Waals surface area contributed by atoms with Gasteiger partial charge in [0.05, 0.1) is 32.6 Å². The predicted molar refractivity (Wildman–Crippen MR) is 63.8 cm³/mol. The second-order valence-electron chi connectivity index (χ2n) is 3.73. The van der Waals surface area contributed by atoms with Crippen LogP contribution >= 0.6 is 0 Å². The summed E-state index contributed by atoms with van der Waals surface area (Å²) >= 11 is 0. The zero-order valence-corrected chi connectivity index (χ0v) is 10.6. The van der Waals surface area contributed by atoms with Crippen molar-refractivity contribution in [3.63, 3.8) is 0 Å². The molecule has 0 fully saturated rings. The minimum Gasteiger partial charge on any atom is -0.493 e. The Hall–Kier alpha value is -2.24. The van der Waals surface area contributed by atoms with Gasteiger partial charge in [-0.3, -0.25) is 9.59 Å². The third-order valence-electron chi connectivity index (χ3n) is 2.90. The molecule has 0 spiro atoms. The van der Waals surface area contributed by atoms with E-state index in [1.165, 1.54) is 33.3 Å². The fourth-order valence-corrected chi connectivity index (χ4v) is 2.00. The Morgan fingerprint density at radius 1 is 1.00 bits per heavy atom. The van der Waals surface area contributed by atoms with Crippen LogP contribution in [0, 0.1) is 0 Å². The molecule has 1 aromatic carbocycles. The van der Waals surface area contributed by atoms with Gasteiger partial charge in [0.2, 0.25) is 5.75 Å². The molecule has 0 N–H and O–H groups in total. The Bertz CT molecular complexity index is 538. The second-order valence-corrected chi connectivity index (χ2v) is 3.73. The fraction of sp³-hybridized carbons (Fsp3) is 0.333. The number of amides is 1. The maximum atomic E-state index is 11.9. The van der Waals surface area contributed by atoms with E-state index in [-0.39, 0.29) is 11.3 Å². The summed E-state index contributed by atoms with van der Waals surface area (Å²) in [5.41, 5.74) is 0.669. The van der Waals surface area contributed by atoms with Crippen LogP contribution in [0.5, 0.6) is 17.2 Å². The standard InChI is InChI=1S/C12H13NO5/c1-13-6-5-7(16-2)10(17-3)11(18-4)8(6)9(14)12(13)15/h5H,1-4H3. The molecule has 6 heteroatoms. The molecule has 96 valence electrons. The van der Waals surface area contributed by atoms with Gasteiger partial charge in [-0.1, -0.05) is 0 Å². The van der Waals surface area contributed by atoms with Gasteiger partial charge in [-0.25, -0.2) is 0 Å². The number of fused-ring (bicyclic) bond motifs is 1. The molecule has 0 saturated heterocycles. The average molecular weight is 251 g/mol. The van der Waals surface area contributed by atoms with Crippen molar-refractivity contribution >= 4 is 17.4 Å². The van der Waals surface area contributed by atoms with Gasteiger partial charge in [-0.05, 0) is 0 Å². The molecule has 1 aliphatic heterocycles. The normalized spacial score (nSPS) is 13.7. The summed E-state index contributed by atoms with van der Waals surface area (Å²) in [6, 6.07) is 1.58. The smallest absolute Gasteiger partial charge is 0.299 e. The topological polar surface area (TPSA) is 65.1 Å². The molecule has 1 heterocycles. The van der Waals surface area contributed by atoms with Crippen LogP contribution in [0.15, 0.2) is 6.07 Å². The van der Waals surface area contributed by atoms with Crippen molar-refractivity contribution in [2.75, 3.05) is 33.3 Å². The van der Waals surface area contributed by atoms with Gasteiger partial charge in [0.25, 0.3) is 11.7 Å². The average Bonchev–Trinajstić information content (AvgIpc) is 2.61. The number of rotatable bonds is 3. The highest BCUT2D eigenvalue weighted by molar-refractivity contribution is 6.53. The SMILES string of the molecule is COc1cc2c(c(OC)c1OC)C(=O)C(=O)N2C. The maximum absolute atomic E-state index is 11.9. The molecule has 2 rings (SSSR count). The summed E-state index contributed by atoms with van der Waals surface area (Å²) in [7, 11) is 5.85. The van der Waals surface area contributed by atoms with Gasteiger partial charge in [0.15, 0.2) is 11.5 Å². The highest BCUT2D eigenvalue weighted by Crippen LogP contribution is 2.47. The first-order valence-electron chi connectivity index (χ1n) is 5.22. The molecule has 1 aliphatic rings. The van der Waals surface area contributed by atoms with Crippen LogP contribution in [0.3, 0.4) is 0 Å². The number of ketones is 1. The van der Waals surface area contributed by atoms with E-state index in [9.17, 15) is 9.59 Å². The molecule has 0 bridgehead atoms. The number of anilines is 1. The lowest BCUT2D eigenvalue weighted by Gasteiger charge is -2.16. The highest BCUT2D eigenvalue weighted by atomic mass is 16.5. The van der Waals surface area contributed by atoms with Crippen LogP contribution < -0.4 is 19.1 Å². The van der Waals surface area contributed by atoms with Crippen LogP contribution in [-0.2, 0) is 4.79 Å². The van der Waals surface area contributed by atoms with Crippen molar-refractivity contribution in [3.8, 4) is 17.2 Å². The molecule has 1 aromatic rings. The first-order chi connectivity index (χ1) is 8.56. The van der Waals surface area contributed by atoms with Gasteiger partial charge in [0, 0.05) is 13.1 Å². The third kappa shape index (κ3) is 1.42. The maximum Gasteiger partial charge on any atom is 0.299 e. The Morgan fingerprint density at radius 2 is 1.61 bits per heavy atom. The van der Waals surface area contributed by atoms with E-state index in [0.29, 0.717) is 17.2 Å². The van der Waals surface area contributed by atoms with E-state index < -0.39 is 11.7 Å². The van der Waals surface area contributed by atoms with Crippen LogP contribution in [0.2, 0.25) is 0 Å². The Labute approximate surface area is 104 Å². The Morgan fingerprint density at radius 3 is 2.11 bits per heavy atom. The highest BCUT2D eigenvalue weighted by Gasteiger charge is 2.39. The van der Waals surface area contributed by atoms with Gasteiger partial charge in [-0.15, -0.1) is 0 Å². The van der Waals surface area contributed by atoms with Crippen molar-refractivity contribution in [1.82, 2.24) is 0 Å². The van der Waals surface area contributed by atoms with E-state index >= 15 is 0 Å². The first-order valence-corrected chi connectivity index (χ1v) is 5.22. The second kappa shape index (κ2) is 4.21. The van der Waals surface area contributed by atoms with Crippen LogP contribution in [-0.4, -0.2) is 40.1 Å². The number of nitrogens with zero attached hydrogens (tertiary/aromatic N) is 1. The molecule has 1 amide bonds. The lowest BCUT2D eigenvalue weighted by molar-refractivity contribution is -0.114. The van der Waals surface area contributed by atoms with Gasteiger partial charge in [0.1, 0.15) is 0 Å². The predicted octanol–water partition coefficient (Wildman–Crippen LogP) is 0.871. The van der Waals surface area contributed by atoms with Crippen LogP contribution in [0.1, 0.15) is 10.4 Å². The number of Topliss-reactive ketones (excluding diaryl/α,β-unsaturated/α-hetero) is 1. The zero-order chi connectivity index (χ0) is 13.4. The number of hydrogen-bond donors (Lipinski definition) is 0. The number of carbonyl (C=O) groups is 2. The molecule has 6 nitrogen and oxygen atoms in total. The van der Waals surface area contributed by atoms with Crippen LogP contribution in [0.25, 0.3) is 0 Å². The third-order valence-corrected chi connectivity index (χ3v) is 2.90. The van der Waals surface area contributed by atoms with Crippen molar-refractivity contribution in [2.24, 2.45) is 0 Å². The summed E-state index contributed by atoms with van der Waals surface area (Å²) in [6.45, 7) is 0. The van der Waals surface area contributed by atoms with Crippen LogP contribution in [0.4, 0.5) is 5.69 Å². The largest absolute Gasteiger partial charge is 0.493 e. The van der Waals surface area contributed by atoms with Gasteiger partial charge >= 0.3 is 0 Å². The molecule has 0 aliphatic carbocycles. The molecule has 18 heavy (non-hydrogen) atoms. The monoisotopic (exact) mass is 251 g/mol. The van der Waals surface area contributed by atoms with E-state index in [1.807, 2.05) is 0 Å². The van der Waals surface area contributed by atoms with Gasteiger partial charge in [-0.2, -0.15) is 0 Å². The lowest BCUT2D eigenvalue weighted by atomic mass is 10.1. The van der Waals surface area contributed by atoms with E-state index in [0.717, 1.165) is 0 Å². The Balaban J connectivity index is 2.79. The molecular weight excluding hydrogens is 238 g/mol. The quantitative estimate of drug-likeness (QED) is 0.746. The molecule has 0 radical (unpaired) electrons. The van der Waals surface area contributed by atoms with E-state index in [4.69, 9.17) is 14.2 Å². The summed E-state index contributed by atoms with van der Waals surface area (Å²) < 4.78 is 15.5. The molecular formula is C12H13NO5. The summed E-state index contributed by atoms with van der Waals surface area (Å²) in [6.07, 6.45) is 0. The number of ether oxygens (including phenoxy) is 3. The van der Waals surface area contributed by atoms with Gasteiger partial charge < -0.3 is 19.1 Å². The molecule has 0 saturated carbocycles. The van der Waals surface area contributed by atoms with E-state index in [1.54, 1.807) is 6.07 Å². The molecule has 0 unspecified atom stereocenters. The van der Waals surface area contributed by atoms with Crippen molar-refractivity contribution in [1.29, 1.82) is 0 Å². The van der Waals surface area contributed by atoms with Crippen molar-refractivity contribution < 1.29 is 23.8 Å². The van der Waals surface area contributed by atoms with E-state index in [2.05, 4.69) is 0 Å². The zero-order valence-electron chi connectivity index (χ0n) is 10.6. The summed E-state index contributed by atoms with van der Waals surface area (Å²) in [5, 5.41) is 0. The minimum atomic E-state index is -0.606. The summed E-state index contributed by atoms with van der Waals surface area (Å²) in [5.74, 6) is -0.281. The fourth-order valence-electron chi connectivity index (χ4n) is 2.00. The molecule has 0 aromatic heterocycles. The number of carbonyl (C=O) groups excluding carboxylic acids is 2. The van der Waals surface area contributed by atoms with Crippen molar-refractivity contribution in [3.05, 3.63) is 11.6 Å². The van der Waals surface area contributed by atoms with Crippen molar-refractivity contribution in [2.45, 2.75) is 0 Å². The summed E-state index contributed by atoms with van der Waals surface area (Å²) in [4.78, 5) is 24.8. The number of benzene rings is 1. The number of methoxy groups -OCH3 is 3. The number of hydrogen-bond acceptors (Lipinski definition) is 5. The Kier molecular flexibility index (Phi) is 2.86. The lowest BCUT2D eigenvalue weighted by Crippen LogP contribution is -2.24. The molecule has 0 atom stereocenters. The minimum absolute atomic E-state index is 0.211.